The van der Waals surface area contributed by atoms with Crippen molar-refractivity contribution in [1.29, 1.82) is 0 Å². The molecule has 19 heavy (non-hydrogen) atoms. The lowest BCUT2D eigenvalue weighted by molar-refractivity contribution is 0.0695. The highest BCUT2D eigenvalue weighted by atomic mass is 16.4. The SMILES string of the molecule is Cc1nccnc1-c1ccc(C(=O)O)c(C2CC2)n1. The molecule has 0 bridgehead atoms. The van der Waals surface area contributed by atoms with Gasteiger partial charge in [0.15, 0.2) is 0 Å². The van der Waals surface area contributed by atoms with Crippen molar-refractivity contribution in [1.82, 2.24) is 15.0 Å². The molecular formula is C14H13N3O2. The molecule has 1 N–H and O–H groups in total. The molecule has 0 saturated heterocycles. The number of carboxylic acids is 1. The molecule has 3 rings (SSSR count). The van der Waals surface area contributed by atoms with E-state index in [2.05, 4.69) is 15.0 Å². The number of carboxylic acid groups (broad SMARTS) is 1. The molecule has 0 atom stereocenters. The Morgan fingerprint density at radius 1 is 1.26 bits per heavy atom. The average molecular weight is 255 g/mol. The van der Waals surface area contributed by atoms with Crippen molar-refractivity contribution >= 4 is 5.97 Å². The van der Waals surface area contributed by atoms with E-state index in [0.29, 0.717) is 22.6 Å². The lowest BCUT2D eigenvalue weighted by atomic mass is 10.1. The summed E-state index contributed by atoms with van der Waals surface area (Å²) in [5.74, 6) is -0.639. The van der Waals surface area contributed by atoms with Crippen LogP contribution in [0.15, 0.2) is 24.5 Å². The second-order valence-corrected chi connectivity index (χ2v) is 4.70. The third-order valence-corrected chi connectivity index (χ3v) is 3.24. The van der Waals surface area contributed by atoms with Gasteiger partial charge in [0.05, 0.1) is 22.6 Å². The second kappa shape index (κ2) is 4.42. The Bertz CT molecular complexity index is 651. The first-order valence-electron chi connectivity index (χ1n) is 6.19. The first-order chi connectivity index (χ1) is 9.16. The predicted octanol–water partition coefficient (Wildman–Crippen LogP) is 2.42. The fourth-order valence-electron chi connectivity index (χ4n) is 2.11. The first-order valence-corrected chi connectivity index (χ1v) is 6.19. The highest BCUT2D eigenvalue weighted by molar-refractivity contribution is 5.89. The lowest BCUT2D eigenvalue weighted by Gasteiger charge is -2.08. The molecule has 2 heterocycles. The van der Waals surface area contributed by atoms with Crippen LogP contribution in [0.3, 0.4) is 0 Å². The number of hydrogen-bond acceptors (Lipinski definition) is 4. The number of aromatic carboxylic acids is 1. The van der Waals surface area contributed by atoms with Crippen LogP contribution in [0.4, 0.5) is 0 Å². The Labute approximate surface area is 110 Å². The molecular weight excluding hydrogens is 242 g/mol. The van der Waals surface area contributed by atoms with Crippen molar-refractivity contribution in [2.75, 3.05) is 0 Å². The molecule has 1 aliphatic carbocycles. The third-order valence-electron chi connectivity index (χ3n) is 3.24. The van der Waals surface area contributed by atoms with Crippen molar-refractivity contribution in [2.45, 2.75) is 25.7 Å². The van der Waals surface area contributed by atoms with Gasteiger partial charge in [-0.05, 0) is 31.9 Å². The standard InChI is InChI=1S/C14H13N3O2/c1-8-12(16-7-6-15-8)11-5-4-10(14(18)19)13(17-11)9-2-3-9/h4-7,9H,2-3H2,1H3,(H,18,19). The fraction of sp³-hybridized carbons (Fsp3) is 0.286. The smallest absolute Gasteiger partial charge is 0.337 e. The zero-order valence-corrected chi connectivity index (χ0v) is 10.5. The first kappa shape index (κ1) is 11.8. The largest absolute Gasteiger partial charge is 0.478 e. The monoisotopic (exact) mass is 255 g/mol. The van der Waals surface area contributed by atoms with Crippen LogP contribution in [-0.4, -0.2) is 26.0 Å². The van der Waals surface area contributed by atoms with Gasteiger partial charge in [0, 0.05) is 18.3 Å². The topological polar surface area (TPSA) is 76.0 Å². The van der Waals surface area contributed by atoms with Crippen molar-refractivity contribution in [3.63, 3.8) is 0 Å². The zero-order valence-electron chi connectivity index (χ0n) is 10.5. The Hall–Kier alpha value is -2.30. The van der Waals surface area contributed by atoms with E-state index in [-0.39, 0.29) is 5.92 Å². The van der Waals surface area contributed by atoms with Gasteiger partial charge < -0.3 is 5.11 Å². The summed E-state index contributed by atoms with van der Waals surface area (Å²) in [6, 6.07) is 3.32. The van der Waals surface area contributed by atoms with E-state index in [4.69, 9.17) is 0 Å². The quantitative estimate of drug-likeness (QED) is 0.911. The molecule has 5 nitrogen and oxygen atoms in total. The van der Waals surface area contributed by atoms with Crippen molar-refractivity contribution in [3.05, 3.63) is 41.5 Å². The van der Waals surface area contributed by atoms with Gasteiger partial charge in [0.1, 0.15) is 5.69 Å². The zero-order chi connectivity index (χ0) is 13.4. The molecule has 1 aliphatic rings. The highest BCUT2D eigenvalue weighted by Gasteiger charge is 2.30. The number of nitrogens with zero attached hydrogens (tertiary/aromatic N) is 3. The van der Waals surface area contributed by atoms with Crippen LogP contribution in [-0.2, 0) is 0 Å². The number of aryl methyl sites for hydroxylation is 1. The summed E-state index contributed by atoms with van der Waals surface area (Å²) in [6.07, 6.45) is 5.27. The van der Waals surface area contributed by atoms with Gasteiger partial charge >= 0.3 is 5.97 Å². The van der Waals surface area contributed by atoms with Gasteiger partial charge in [-0.3, -0.25) is 9.97 Å². The molecule has 0 spiro atoms. The average Bonchev–Trinajstić information content (AvgIpc) is 3.23. The molecule has 96 valence electrons. The number of pyridine rings is 1. The molecule has 0 radical (unpaired) electrons. The summed E-state index contributed by atoms with van der Waals surface area (Å²) in [5.41, 5.74) is 3.17. The predicted molar refractivity (Wildman–Crippen MR) is 68.9 cm³/mol. The number of rotatable bonds is 3. The Morgan fingerprint density at radius 2 is 2.00 bits per heavy atom. The van der Waals surface area contributed by atoms with Crippen molar-refractivity contribution in [3.8, 4) is 11.4 Å². The van der Waals surface area contributed by atoms with Gasteiger partial charge in [0.2, 0.25) is 0 Å². The Kier molecular flexibility index (Phi) is 2.74. The third kappa shape index (κ3) is 2.19. The Balaban J connectivity index is 2.11. The maximum atomic E-state index is 11.2. The maximum Gasteiger partial charge on any atom is 0.337 e. The summed E-state index contributed by atoms with van der Waals surface area (Å²) in [6.45, 7) is 1.87. The number of carbonyl (C=O) groups is 1. The van der Waals surface area contributed by atoms with Gasteiger partial charge in [-0.2, -0.15) is 0 Å². The maximum absolute atomic E-state index is 11.2. The second-order valence-electron chi connectivity index (χ2n) is 4.70. The molecule has 5 heteroatoms. The summed E-state index contributed by atoms with van der Waals surface area (Å²) >= 11 is 0. The van der Waals surface area contributed by atoms with Crippen LogP contribution >= 0.6 is 0 Å². The lowest BCUT2D eigenvalue weighted by Crippen LogP contribution is -2.05. The van der Waals surface area contributed by atoms with Crippen LogP contribution in [0.1, 0.15) is 40.5 Å². The summed E-state index contributed by atoms with van der Waals surface area (Å²) in [7, 11) is 0. The van der Waals surface area contributed by atoms with Crippen molar-refractivity contribution in [2.24, 2.45) is 0 Å². The van der Waals surface area contributed by atoms with Crippen LogP contribution in [0, 0.1) is 6.92 Å². The molecule has 0 aromatic carbocycles. The van der Waals surface area contributed by atoms with Gasteiger partial charge in [-0.1, -0.05) is 0 Å². The minimum absolute atomic E-state index is 0.281. The molecule has 0 unspecified atom stereocenters. The highest BCUT2D eigenvalue weighted by Crippen LogP contribution is 2.41. The van der Waals surface area contributed by atoms with E-state index in [1.807, 2.05) is 6.92 Å². The van der Waals surface area contributed by atoms with Crippen LogP contribution in [0.2, 0.25) is 0 Å². The summed E-state index contributed by atoms with van der Waals surface area (Å²) < 4.78 is 0. The minimum Gasteiger partial charge on any atom is -0.478 e. The van der Waals surface area contributed by atoms with E-state index in [0.717, 1.165) is 18.5 Å². The molecule has 2 aromatic heterocycles. The molecule has 1 saturated carbocycles. The van der Waals surface area contributed by atoms with E-state index < -0.39 is 5.97 Å². The number of hydrogen-bond donors (Lipinski definition) is 1. The molecule has 2 aromatic rings. The van der Waals surface area contributed by atoms with Gasteiger partial charge in [0.25, 0.3) is 0 Å². The van der Waals surface area contributed by atoms with Crippen LogP contribution < -0.4 is 0 Å². The van der Waals surface area contributed by atoms with E-state index in [1.165, 1.54) is 0 Å². The molecule has 1 fully saturated rings. The minimum atomic E-state index is -0.920. The number of aromatic nitrogens is 3. The van der Waals surface area contributed by atoms with Gasteiger partial charge in [-0.25, -0.2) is 9.78 Å². The molecule has 0 aliphatic heterocycles. The summed E-state index contributed by atoms with van der Waals surface area (Å²) in [5, 5.41) is 9.19. The van der Waals surface area contributed by atoms with Crippen LogP contribution in [0.25, 0.3) is 11.4 Å². The van der Waals surface area contributed by atoms with E-state index in [9.17, 15) is 9.90 Å². The van der Waals surface area contributed by atoms with Gasteiger partial charge in [-0.15, -0.1) is 0 Å². The summed E-state index contributed by atoms with van der Waals surface area (Å²) in [4.78, 5) is 24.2. The normalized spacial score (nSPS) is 14.4. The van der Waals surface area contributed by atoms with E-state index in [1.54, 1.807) is 24.5 Å². The Morgan fingerprint density at radius 3 is 2.63 bits per heavy atom. The fourth-order valence-corrected chi connectivity index (χ4v) is 2.11. The van der Waals surface area contributed by atoms with Crippen molar-refractivity contribution < 1.29 is 9.90 Å². The van der Waals surface area contributed by atoms with Crippen LogP contribution in [0.5, 0.6) is 0 Å². The van der Waals surface area contributed by atoms with E-state index >= 15 is 0 Å². The molecule has 0 amide bonds.